The van der Waals surface area contributed by atoms with Crippen LogP contribution in [0.4, 0.5) is 5.69 Å². The molecule has 5 nitrogen and oxygen atoms in total. The number of aromatic nitrogens is 2. The van der Waals surface area contributed by atoms with Crippen LogP contribution in [0.3, 0.4) is 0 Å². The summed E-state index contributed by atoms with van der Waals surface area (Å²) in [7, 11) is 0. The highest BCUT2D eigenvalue weighted by Crippen LogP contribution is 2.21. The number of carbonyl (C=O) groups excluding carboxylic acids is 1. The summed E-state index contributed by atoms with van der Waals surface area (Å²) in [4.78, 5) is 14.5. The van der Waals surface area contributed by atoms with E-state index in [-0.39, 0.29) is 11.9 Å². The summed E-state index contributed by atoms with van der Waals surface area (Å²) >= 11 is 0. The van der Waals surface area contributed by atoms with Crippen molar-refractivity contribution >= 4 is 11.6 Å². The summed E-state index contributed by atoms with van der Waals surface area (Å²) in [5.74, 6) is -0.0658. The van der Waals surface area contributed by atoms with Gasteiger partial charge in [-0.05, 0) is 43.5 Å². The first-order valence-electron chi connectivity index (χ1n) is 7.61. The molecule has 0 spiro atoms. The van der Waals surface area contributed by atoms with Crippen molar-refractivity contribution in [2.45, 2.75) is 25.8 Å². The van der Waals surface area contributed by atoms with E-state index in [0.29, 0.717) is 5.56 Å². The molecule has 22 heavy (non-hydrogen) atoms. The first-order chi connectivity index (χ1) is 10.7. The minimum atomic E-state index is -0.0658. The summed E-state index contributed by atoms with van der Waals surface area (Å²) in [6, 6.07) is 10.5. The average Bonchev–Trinajstić information content (AvgIpc) is 2.56. The second kappa shape index (κ2) is 6.56. The van der Waals surface area contributed by atoms with E-state index in [0.717, 1.165) is 25.9 Å². The van der Waals surface area contributed by atoms with Crippen molar-refractivity contribution in [1.82, 2.24) is 15.5 Å². The predicted molar refractivity (Wildman–Crippen MR) is 85.9 cm³/mol. The van der Waals surface area contributed by atoms with E-state index in [4.69, 9.17) is 0 Å². The van der Waals surface area contributed by atoms with Gasteiger partial charge in [0.25, 0.3) is 5.91 Å². The van der Waals surface area contributed by atoms with Gasteiger partial charge in [-0.25, -0.2) is 0 Å². The van der Waals surface area contributed by atoms with Crippen LogP contribution in [0.25, 0.3) is 0 Å². The van der Waals surface area contributed by atoms with Gasteiger partial charge in [0.1, 0.15) is 0 Å². The second-order valence-electron chi connectivity index (χ2n) is 5.70. The van der Waals surface area contributed by atoms with Gasteiger partial charge in [0, 0.05) is 24.8 Å². The summed E-state index contributed by atoms with van der Waals surface area (Å²) in [6.45, 7) is 4.03. The molecule has 1 saturated heterocycles. The van der Waals surface area contributed by atoms with Gasteiger partial charge in [0.2, 0.25) is 0 Å². The van der Waals surface area contributed by atoms with Crippen LogP contribution in [-0.4, -0.2) is 35.2 Å². The van der Waals surface area contributed by atoms with Crippen molar-refractivity contribution in [2.24, 2.45) is 0 Å². The first kappa shape index (κ1) is 14.5. The lowest BCUT2D eigenvalue weighted by molar-refractivity contribution is 0.0930. The molecule has 0 saturated carbocycles. The van der Waals surface area contributed by atoms with Gasteiger partial charge < -0.3 is 10.2 Å². The molecule has 1 amide bonds. The van der Waals surface area contributed by atoms with Gasteiger partial charge in [-0.3, -0.25) is 4.79 Å². The van der Waals surface area contributed by atoms with Crippen molar-refractivity contribution in [3.8, 4) is 0 Å². The van der Waals surface area contributed by atoms with Crippen molar-refractivity contribution in [2.75, 3.05) is 18.0 Å². The third-order valence-corrected chi connectivity index (χ3v) is 4.04. The maximum Gasteiger partial charge on any atom is 0.253 e. The molecule has 1 aromatic heterocycles. The zero-order chi connectivity index (χ0) is 15.4. The van der Waals surface area contributed by atoms with E-state index < -0.39 is 0 Å². The molecule has 2 aromatic rings. The minimum absolute atomic E-state index is 0.0658. The Bertz CT molecular complexity index is 636. The number of aryl methyl sites for hydroxylation is 1. The van der Waals surface area contributed by atoms with Gasteiger partial charge in [0.15, 0.2) is 0 Å². The number of anilines is 1. The van der Waals surface area contributed by atoms with E-state index in [1.165, 1.54) is 23.6 Å². The fraction of sp³-hybridized carbons (Fsp3) is 0.353. The Morgan fingerprint density at radius 3 is 2.73 bits per heavy atom. The van der Waals surface area contributed by atoms with Crippen LogP contribution in [0, 0.1) is 6.92 Å². The van der Waals surface area contributed by atoms with Gasteiger partial charge in [-0.15, -0.1) is 0 Å². The van der Waals surface area contributed by atoms with Crippen molar-refractivity contribution < 1.29 is 4.79 Å². The number of rotatable bonds is 3. The topological polar surface area (TPSA) is 58.1 Å². The van der Waals surface area contributed by atoms with E-state index in [1.54, 1.807) is 6.07 Å². The number of amides is 1. The average molecular weight is 296 g/mol. The highest BCUT2D eigenvalue weighted by Gasteiger charge is 2.21. The van der Waals surface area contributed by atoms with E-state index in [2.05, 4.69) is 51.6 Å². The predicted octanol–water partition coefficient (Wildman–Crippen LogP) is 2.18. The number of nitrogens with zero attached hydrogens (tertiary/aromatic N) is 3. The van der Waals surface area contributed by atoms with Gasteiger partial charge in [-0.1, -0.05) is 12.1 Å². The summed E-state index contributed by atoms with van der Waals surface area (Å²) in [6.07, 6.45) is 4.95. The maximum absolute atomic E-state index is 12.1. The molecule has 1 aromatic carbocycles. The Balaban J connectivity index is 1.55. The van der Waals surface area contributed by atoms with Crippen LogP contribution in [0.1, 0.15) is 28.8 Å². The fourth-order valence-electron chi connectivity index (χ4n) is 2.80. The van der Waals surface area contributed by atoms with E-state index in [1.807, 2.05) is 0 Å². The lowest BCUT2D eigenvalue weighted by Crippen LogP contribution is -2.44. The maximum atomic E-state index is 12.1. The SMILES string of the molecule is Cc1cccc(N2CCC(NC(=O)c3ccnnc3)CC2)c1. The number of hydrogen-bond donors (Lipinski definition) is 1. The Kier molecular flexibility index (Phi) is 4.32. The van der Waals surface area contributed by atoms with Gasteiger partial charge in [-0.2, -0.15) is 10.2 Å². The molecule has 1 fully saturated rings. The Morgan fingerprint density at radius 2 is 2.05 bits per heavy atom. The second-order valence-corrected chi connectivity index (χ2v) is 5.70. The first-order valence-corrected chi connectivity index (χ1v) is 7.61. The molecule has 0 aliphatic carbocycles. The monoisotopic (exact) mass is 296 g/mol. The summed E-state index contributed by atoms with van der Waals surface area (Å²) in [5.41, 5.74) is 3.11. The number of hydrogen-bond acceptors (Lipinski definition) is 4. The minimum Gasteiger partial charge on any atom is -0.371 e. The molecule has 114 valence electrons. The molecule has 0 radical (unpaired) electrons. The van der Waals surface area contributed by atoms with Gasteiger partial charge >= 0.3 is 0 Å². The highest BCUT2D eigenvalue weighted by atomic mass is 16.1. The largest absolute Gasteiger partial charge is 0.371 e. The lowest BCUT2D eigenvalue weighted by Gasteiger charge is -2.34. The molecule has 1 aliphatic rings. The Morgan fingerprint density at radius 1 is 1.23 bits per heavy atom. The lowest BCUT2D eigenvalue weighted by atomic mass is 10.0. The molecular formula is C17H20N4O. The van der Waals surface area contributed by atoms with Gasteiger partial charge in [0.05, 0.1) is 18.0 Å². The molecular weight excluding hydrogens is 276 g/mol. The smallest absolute Gasteiger partial charge is 0.253 e. The van der Waals surface area contributed by atoms with Crippen LogP contribution >= 0.6 is 0 Å². The van der Waals surface area contributed by atoms with Crippen LogP contribution in [0.5, 0.6) is 0 Å². The van der Waals surface area contributed by atoms with Crippen LogP contribution in [0.15, 0.2) is 42.7 Å². The zero-order valence-corrected chi connectivity index (χ0v) is 12.7. The molecule has 3 rings (SSSR count). The molecule has 2 heterocycles. The number of nitrogens with one attached hydrogen (secondary N) is 1. The number of carbonyl (C=O) groups is 1. The van der Waals surface area contributed by atoms with Crippen LogP contribution < -0.4 is 10.2 Å². The normalized spacial score (nSPS) is 15.6. The quantitative estimate of drug-likeness (QED) is 0.943. The van der Waals surface area contributed by atoms with Crippen molar-refractivity contribution in [3.63, 3.8) is 0 Å². The summed E-state index contributed by atoms with van der Waals surface area (Å²) in [5, 5.41) is 10.5. The molecule has 0 bridgehead atoms. The Labute approximate surface area is 130 Å². The molecule has 0 atom stereocenters. The number of piperidine rings is 1. The van der Waals surface area contributed by atoms with Crippen LogP contribution in [0.2, 0.25) is 0 Å². The third-order valence-electron chi connectivity index (χ3n) is 4.04. The molecule has 0 unspecified atom stereocenters. The molecule has 5 heteroatoms. The van der Waals surface area contributed by atoms with Crippen LogP contribution in [-0.2, 0) is 0 Å². The van der Waals surface area contributed by atoms with E-state index in [9.17, 15) is 4.79 Å². The Hall–Kier alpha value is -2.43. The fourth-order valence-corrected chi connectivity index (χ4v) is 2.80. The molecule has 1 N–H and O–H groups in total. The number of benzene rings is 1. The van der Waals surface area contributed by atoms with E-state index >= 15 is 0 Å². The molecule has 1 aliphatic heterocycles. The zero-order valence-electron chi connectivity index (χ0n) is 12.7. The highest BCUT2D eigenvalue weighted by molar-refractivity contribution is 5.93. The third kappa shape index (κ3) is 3.42. The standard InChI is InChI=1S/C17H20N4O/c1-13-3-2-4-16(11-13)21-9-6-15(7-10-21)20-17(22)14-5-8-18-19-12-14/h2-5,8,11-12,15H,6-7,9-10H2,1H3,(H,20,22). The summed E-state index contributed by atoms with van der Waals surface area (Å²) < 4.78 is 0. The van der Waals surface area contributed by atoms with Crippen molar-refractivity contribution in [3.05, 3.63) is 53.9 Å². The van der Waals surface area contributed by atoms with Crippen molar-refractivity contribution in [1.29, 1.82) is 0 Å².